The lowest BCUT2D eigenvalue weighted by Gasteiger charge is -2.40. The Balaban J connectivity index is 1.64. The summed E-state index contributed by atoms with van der Waals surface area (Å²) in [5.41, 5.74) is 3.05. The SMILES string of the molecule is CCOC(=O)[C@@H]1C=Cc2c(c(O[C@@H]3O[C@H](CO)[C@@H](O)[C@H](O)[C@H]3O)c(OC)c3occ(C4CCCCC4)c23)C1. The molecule has 0 unspecified atom stereocenters. The molecule has 0 radical (unpaired) electrons. The van der Waals surface area contributed by atoms with Gasteiger partial charge < -0.3 is 43.8 Å². The van der Waals surface area contributed by atoms with Crippen molar-refractivity contribution in [2.24, 2.45) is 5.92 Å². The molecule has 10 nitrogen and oxygen atoms in total. The highest BCUT2D eigenvalue weighted by molar-refractivity contribution is 5.99. The van der Waals surface area contributed by atoms with Crippen LogP contribution in [0, 0.1) is 5.92 Å². The molecule has 0 spiro atoms. The predicted octanol–water partition coefficient (Wildman–Crippen LogP) is 2.42. The van der Waals surface area contributed by atoms with Crippen molar-refractivity contribution < 1.29 is 48.6 Å². The van der Waals surface area contributed by atoms with Crippen molar-refractivity contribution in [3.8, 4) is 11.5 Å². The molecule has 1 aliphatic heterocycles. The second-order valence-corrected chi connectivity index (χ2v) is 10.2. The van der Waals surface area contributed by atoms with Crippen LogP contribution in [0.25, 0.3) is 17.0 Å². The van der Waals surface area contributed by atoms with E-state index in [0.717, 1.165) is 42.2 Å². The first kappa shape index (κ1) is 27.0. The summed E-state index contributed by atoms with van der Waals surface area (Å²) in [7, 11) is 1.48. The normalized spacial score (nSPS) is 29.7. The van der Waals surface area contributed by atoms with Crippen molar-refractivity contribution in [2.75, 3.05) is 20.3 Å². The lowest BCUT2D eigenvalue weighted by atomic mass is 9.80. The van der Waals surface area contributed by atoms with Crippen molar-refractivity contribution >= 4 is 23.0 Å². The van der Waals surface area contributed by atoms with E-state index in [2.05, 4.69) is 0 Å². The van der Waals surface area contributed by atoms with Gasteiger partial charge in [-0.05, 0) is 37.7 Å². The minimum Gasteiger partial charge on any atom is -0.490 e. The van der Waals surface area contributed by atoms with Crippen molar-refractivity contribution in [3.05, 3.63) is 29.0 Å². The fourth-order valence-corrected chi connectivity index (χ4v) is 5.93. The van der Waals surface area contributed by atoms with Crippen LogP contribution in [0.5, 0.6) is 11.5 Å². The molecule has 2 aromatic rings. The highest BCUT2D eigenvalue weighted by Crippen LogP contribution is 2.50. The molecule has 0 bridgehead atoms. The van der Waals surface area contributed by atoms with Crippen LogP contribution in [0.3, 0.4) is 0 Å². The molecule has 1 aromatic heterocycles. The highest BCUT2D eigenvalue weighted by atomic mass is 16.7. The lowest BCUT2D eigenvalue weighted by molar-refractivity contribution is -0.277. The molecule has 208 valence electrons. The van der Waals surface area contributed by atoms with Crippen LogP contribution in [0.1, 0.15) is 61.6 Å². The number of fused-ring (bicyclic) bond motifs is 3. The molecule has 4 N–H and O–H groups in total. The predicted molar refractivity (Wildman–Crippen MR) is 136 cm³/mol. The Labute approximate surface area is 220 Å². The number of furan rings is 1. The molecule has 3 aliphatic rings. The second kappa shape index (κ2) is 11.2. The van der Waals surface area contributed by atoms with Gasteiger partial charge in [0.15, 0.2) is 11.3 Å². The minimum atomic E-state index is -1.61. The first-order valence-electron chi connectivity index (χ1n) is 13.3. The number of ether oxygens (including phenoxy) is 4. The average Bonchev–Trinajstić information content (AvgIpc) is 3.38. The highest BCUT2D eigenvalue weighted by Gasteiger charge is 2.46. The Kier molecular flexibility index (Phi) is 7.97. The van der Waals surface area contributed by atoms with E-state index >= 15 is 0 Å². The van der Waals surface area contributed by atoms with Crippen LogP contribution >= 0.6 is 0 Å². The van der Waals surface area contributed by atoms with E-state index in [9.17, 15) is 25.2 Å². The van der Waals surface area contributed by atoms with E-state index in [4.69, 9.17) is 23.4 Å². The van der Waals surface area contributed by atoms with Crippen LogP contribution in [-0.2, 0) is 20.7 Å². The van der Waals surface area contributed by atoms with Crippen molar-refractivity contribution in [1.82, 2.24) is 0 Å². The average molecular weight is 533 g/mol. The third-order valence-corrected chi connectivity index (χ3v) is 7.94. The standard InChI is InChI=1S/C28H36O10/c1-3-35-27(33)15-9-10-16-17(11-15)24(38-28-23(32)22(31)21(30)19(12-29)37-28)26(34-2)25-20(16)18(13-36-25)14-7-5-4-6-8-14/h9-10,13-15,19,21-23,28-32H,3-8,11-12H2,1-2H3/t15-,19-,21-,22+,23-,28+/m1/s1. The molecule has 0 amide bonds. The first-order valence-corrected chi connectivity index (χ1v) is 13.3. The summed E-state index contributed by atoms with van der Waals surface area (Å²) >= 11 is 0. The third-order valence-electron chi connectivity index (χ3n) is 7.94. The maximum Gasteiger partial charge on any atom is 0.313 e. The largest absolute Gasteiger partial charge is 0.490 e. The minimum absolute atomic E-state index is 0.197. The Bertz CT molecular complexity index is 1180. The zero-order valence-corrected chi connectivity index (χ0v) is 21.7. The maximum atomic E-state index is 12.7. The number of carbonyl (C=O) groups is 1. The fraction of sp³-hybridized carbons (Fsp3) is 0.607. The first-order chi connectivity index (χ1) is 18.4. The van der Waals surface area contributed by atoms with Crippen molar-refractivity contribution in [2.45, 2.75) is 82.1 Å². The van der Waals surface area contributed by atoms with Crippen molar-refractivity contribution in [3.63, 3.8) is 0 Å². The van der Waals surface area contributed by atoms with Gasteiger partial charge in [0.05, 0.1) is 32.5 Å². The van der Waals surface area contributed by atoms with Gasteiger partial charge in [-0.25, -0.2) is 0 Å². The maximum absolute atomic E-state index is 12.7. The molecule has 1 saturated heterocycles. The molecule has 10 heteroatoms. The second-order valence-electron chi connectivity index (χ2n) is 10.2. The Morgan fingerprint density at radius 1 is 1.08 bits per heavy atom. The Morgan fingerprint density at radius 2 is 1.84 bits per heavy atom. The molecule has 2 aliphatic carbocycles. The number of methoxy groups -OCH3 is 1. The van der Waals surface area contributed by atoms with E-state index in [0.29, 0.717) is 17.1 Å². The molecule has 38 heavy (non-hydrogen) atoms. The third kappa shape index (κ3) is 4.69. The van der Waals surface area contributed by atoms with Gasteiger partial charge in [-0.1, -0.05) is 31.4 Å². The van der Waals surface area contributed by atoms with Crippen LogP contribution in [0.2, 0.25) is 0 Å². The number of aliphatic hydroxyl groups excluding tert-OH is 4. The molecule has 2 fully saturated rings. The smallest absolute Gasteiger partial charge is 0.313 e. The number of esters is 1. The summed E-state index contributed by atoms with van der Waals surface area (Å²) in [6.07, 6.45) is 4.04. The number of rotatable bonds is 7. The molecule has 1 aromatic carbocycles. The van der Waals surface area contributed by atoms with Gasteiger partial charge in [-0.2, -0.15) is 0 Å². The van der Waals surface area contributed by atoms with Crippen molar-refractivity contribution in [1.29, 1.82) is 0 Å². The zero-order chi connectivity index (χ0) is 27.0. The van der Waals surface area contributed by atoms with E-state index in [1.807, 2.05) is 12.2 Å². The summed E-state index contributed by atoms with van der Waals surface area (Å²) in [6, 6.07) is 0. The Hall–Kier alpha value is -2.63. The summed E-state index contributed by atoms with van der Waals surface area (Å²) in [4.78, 5) is 12.7. The number of hydrogen-bond donors (Lipinski definition) is 4. The van der Waals surface area contributed by atoms with Gasteiger partial charge in [0.25, 0.3) is 0 Å². The van der Waals surface area contributed by atoms with Gasteiger partial charge >= 0.3 is 5.97 Å². The molecule has 2 heterocycles. The summed E-state index contributed by atoms with van der Waals surface area (Å²) in [5, 5.41) is 41.7. The molecular formula is C28H36O10. The van der Waals surface area contributed by atoms with Gasteiger partial charge in [0, 0.05) is 16.5 Å². The van der Waals surface area contributed by atoms with Gasteiger partial charge in [0.2, 0.25) is 12.0 Å². The topological polar surface area (TPSA) is 148 Å². The van der Waals surface area contributed by atoms with Gasteiger partial charge in [-0.15, -0.1) is 0 Å². The van der Waals surface area contributed by atoms with E-state index in [1.165, 1.54) is 13.5 Å². The lowest BCUT2D eigenvalue weighted by Crippen LogP contribution is -2.60. The van der Waals surface area contributed by atoms with Crippen LogP contribution < -0.4 is 9.47 Å². The summed E-state index contributed by atoms with van der Waals surface area (Å²) < 4.78 is 28.9. The van der Waals surface area contributed by atoms with E-state index in [-0.39, 0.29) is 30.5 Å². The van der Waals surface area contributed by atoms with Gasteiger partial charge in [0.1, 0.15) is 24.4 Å². The summed E-state index contributed by atoms with van der Waals surface area (Å²) in [5.74, 6) is -0.121. The zero-order valence-electron chi connectivity index (χ0n) is 21.7. The number of hydrogen-bond acceptors (Lipinski definition) is 10. The van der Waals surface area contributed by atoms with E-state index in [1.54, 1.807) is 13.2 Å². The number of benzene rings is 1. The van der Waals surface area contributed by atoms with E-state index < -0.39 is 43.2 Å². The van der Waals surface area contributed by atoms with Crippen LogP contribution in [-0.4, -0.2) is 77.4 Å². The van der Waals surface area contributed by atoms with Crippen LogP contribution in [0.15, 0.2) is 16.8 Å². The molecule has 5 rings (SSSR count). The molecule has 1 saturated carbocycles. The van der Waals surface area contributed by atoms with Gasteiger partial charge in [-0.3, -0.25) is 4.79 Å². The number of aliphatic hydroxyl groups is 4. The molecular weight excluding hydrogens is 496 g/mol. The summed E-state index contributed by atoms with van der Waals surface area (Å²) in [6.45, 7) is 1.41. The molecule has 6 atom stereocenters. The fourth-order valence-electron chi connectivity index (χ4n) is 5.93. The van der Waals surface area contributed by atoms with Crippen LogP contribution in [0.4, 0.5) is 0 Å². The number of carbonyl (C=O) groups excluding carboxylic acids is 1. The Morgan fingerprint density at radius 3 is 2.53 bits per heavy atom. The quantitative estimate of drug-likeness (QED) is 0.392. The monoisotopic (exact) mass is 532 g/mol.